The summed E-state index contributed by atoms with van der Waals surface area (Å²) in [6.45, 7) is 23.0. The average Bonchev–Trinajstić information content (AvgIpc) is 3.52. The molecule has 0 atom stereocenters. The van der Waals surface area contributed by atoms with Gasteiger partial charge in [-0.25, -0.2) is 0 Å². The van der Waals surface area contributed by atoms with Crippen LogP contribution in [0, 0.1) is 18.8 Å². The molecule has 3 aromatic carbocycles. The number of benzene rings is 2. The molecule has 1 radical (unpaired) electrons. The van der Waals surface area contributed by atoms with Crippen LogP contribution in [0.2, 0.25) is 13.1 Å². The van der Waals surface area contributed by atoms with Crippen molar-refractivity contribution in [3.05, 3.63) is 99.0 Å². The van der Waals surface area contributed by atoms with Gasteiger partial charge in [-0.15, -0.1) is 34.5 Å². The van der Waals surface area contributed by atoms with Crippen LogP contribution in [0.4, 0.5) is 0 Å². The van der Waals surface area contributed by atoms with Gasteiger partial charge in [-0.1, -0.05) is 104 Å². The Hall–Kier alpha value is -1.38. The van der Waals surface area contributed by atoms with E-state index in [1.807, 2.05) is 0 Å². The van der Waals surface area contributed by atoms with E-state index in [4.69, 9.17) is 4.99 Å². The molecule has 209 valence electrons. The van der Waals surface area contributed by atoms with Crippen molar-refractivity contribution in [2.75, 3.05) is 0 Å². The van der Waals surface area contributed by atoms with E-state index >= 15 is 0 Å². The molecule has 7 rings (SSSR count). The van der Waals surface area contributed by atoms with Crippen LogP contribution >= 0.6 is 0 Å². The van der Waals surface area contributed by atoms with Crippen LogP contribution < -0.4 is 24.8 Å². The molecule has 3 aliphatic heterocycles. The van der Waals surface area contributed by atoms with Gasteiger partial charge in [0.1, 0.15) is 8.07 Å². The van der Waals surface area contributed by atoms with Gasteiger partial charge >= 0.3 is 26.2 Å². The summed E-state index contributed by atoms with van der Waals surface area (Å²) in [6, 6.07) is 20.1. The maximum Gasteiger partial charge on any atom is 3.00 e. The number of hydrogen-bond donors (Lipinski definition) is 0. The smallest absolute Gasteiger partial charge is 1.00 e. The number of fused-ring (bicyclic) bond motifs is 1. The van der Waals surface area contributed by atoms with Crippen molar-refractivity contribution in [2.24, 2.45) is 16.8 Å². The molecule has 1 aliphatic carbocycles. The molecular weight excluding hydrogens is 625 g/mol. The third-order valence-corrected chi connectivity index (χ3v) is 11.8. The van der Waals surface area contributed by atoms with E-state index in [1.54, 1.807) is 16.0 Å². The summed E-state index contributed by atoms with van der Waals surface area (Å²) in [7, 11) is -1.25. The van der Waals surface area contributed by atoms with Crippen molar-refractivity contribution in [2.45, 2.75) is 73.9 Å². The van der Waals surface area contributed by atoms with Crippen molar-refractivity contribution in [3.63, 3.8) is 0 Å². The van der Waals surface area contributed by atoms with Crippen molar-refractivity contribution in [3.8, 4) is 11.1 Å². The van der Waals surface area contributed by atoms with Gasteiger partial charge < -0.3 is 24.8 Å². The maximum absolute atomic E-state index is 4.90. The first-order valence-corrected chi connectivity index (χ1v) is 16.9. The van der Waals surface area contributed by atoms with Crippen molar-refractivity contribution in [1.82, 2.24) is 0 Å². The molecular formula is C35H42Cl2NSiZr. The van der Waals surface area contributed by atoms with E-state index in [0.29, 0.717) is 11.8 Å². The van der Waals surface area contributed by atoms with Gasteiger partial charge in [-0.05, 0) is 50.4 Å². The minimum Gasteiger partial charge on any atom is -1.00 e. The summed E-state index contributed by atoms with van der Waals surface area (Å²) in [6.07, 6.45) is 2.35. The number of rotatable bonds is 3. The van der Waals surface area contributed by atoms with E-state index < -0.39 is 8.07 Å². The molecule has 0 amide bonds. The SMILES string of the molecule is CC(C)C1=NC2=C3C(C(C)C)=C(C2=C1)[Si]3(C)C.Cc1cc2c(-c3ccc(C(C)(C)C)cc3)cccc2[cH-]1.[Cl-].[Cl-].[Zr+3]. The third-order valence-electron chi connectivity index (χ3n) is 8.21. The minimum absolute atomic E-state index is 0. The Balaban J connectivity index is 0.000000263. The van der Waals surface area contributed by atoms with Crippen LogP contribution in [0.15, 0.2) is 92.9 Å². The summed E-state index contributed by atoms with van der Waals surface area (Å²) in [5.41, 5.74) is 11.3. The number of hydrogen-bond acceptors (Lipinski definition) is 1. The standard InChI is InChI=1S/C20H21.C15H21NSi.2ClH.Zr/c1-14-12-16-6-5-7-18(19(16)13-14)15-8-10-17(11-9-15)20(2,3)4;1-8(2)11-7-10-13(16-11)15-12(9(3)4)14(10)17(15,5)6;;;/h5-13H,1-4H3;7-9H,1-6H3;2*1H;/q-1;;;;+3/p-2. The molecule has 0 saturated carbocycles. The van der Waals surface area contributed by atoms with Gasteiger partial charge in [0.15, 0.2) is 0 Å². The van der Waals surface area contributed by atoms with E-state index in [0.717, 1.165) is 0 Å². The summed E-state index contributed by atoms with van der Waals surface area (Å²) in [4.78, 5) is 4.90. The Morgan fingerprint density at radius 2 is 1.48 bits per heavy atom. The number of halogens is 2. The molecule has 0 N–H and O–H groups in total. The van der Waals surface area contributed by atoms with Crippen molar-refractivity contribution >= 4 is 24.6 Å². The Labute approximate surface area is 274 Å². The maximum atomic E-state index is 4.90. The number of aryl methyl sites for hydroxylation is 1. The zero-order chi connectivity index (χ0) is 26.9. The fourth-order valence-corrected chi connectivity index (χ4v) is 10.1. The summed E-state index contributed by atoms with van der Waals surface area (Å²) >= 11 is 0. The normalized spacial score (nSPS) is 16.4. The van der Waals surface area contributed by atoms with Gasteiger partial charge in [-0.3, -0.25) is 4.99 Å². The quantitative estimate of drug-likeness (QED) is 0.298. The largest absolute Gasteiger partial charge is 3.00 e. The molecule has 0 saturated heterocycles. The molecule has 4 aliphatic rings. The second-order valence-corrected chi connectivity index (χ2v) is 17.5. The first kappa shape index (κ1) is 34.8. The first-order valence-electron chi connectivity index (χ1n) is 13.9. The Morgan fingerprint density at radius 3 is 2.00 bits per heavy atom. The van der Waals surface area contributed by atoms with E-state index in [9.17, 15) is 0 Å². The third kappa shape index (κ3) is 5.92. The van der Waals surface area contributed by atoms with Crippen LogP contribution in [0.1, 0.15) is 59.6 Å². The predicted molar refractivity (Wildman–Crippen MR) is 165 cm³/mol. The Kier molecular flexibility index (Phi) is 10.8. The topological polar surface area (TPSA) is 12.4 Å². The Bertz CT molecular complexity index is 1520. The number of allylic oxidation sites excluding steroid dienone is 4. The van der Waals surface area contributed by atoms with Gasteiger partial charge in [0, 0.05) is 11.3 Å². The fourth-order valence-electron chi connectivity index (χ4n) is 6.24. The van der Waals surface area contributed by atoms with Crippen LogP contribution in [0.3, 0.4) is 0 Å². The molecule has 5 heteroatoms. The van der Waals surface area contributed by atoms with Crippen LogP contribution in [-0.2, 0) is 31.6 Å². The average molecular weight is 667 g/mol. The van der Waals surface area contributed by atoms with E-state index in [-0.39, 0.29) is 56.4 Å². The van der Waals surface area contributed by atoms with Crippen LogP contribution in [0.25, 0.3) is 21.9 Å². The minimum atomic E-state index is -1.25. The Morgan fingerprint density at radius 1 is 0.850 bits per heavy atom. The molecule has 0 fully saturated rings. The molecule has 1 nitrogen and oxygen atoms in total. The van der Waals surface area contributed by atoms with E-state index in [2.05, 4.69) is 129 Å². The molecule has 0 spiro atoms. The summed E-state index contributed by atoms with van der Waals surface area (Å²) in [5.74, 6) is 1.21. The second kappa shape index (κ2) is 12.5. The fraction of sp³-hybridized carbons (Fsp3) is 0.371. The molecule has 40 heavy (non-hydrogen) atoms. The molecule has 3 aromatic rings. The van der Waals surface area contributed by atoms with Gasteiger partial charge in [-0.2, -0.15) is 6.07 Å². The zero-order valence-corrected chi connectivity index (χ0v) is 30.6. The number of nitrogens with zero attached hydrogens (tertiary/aromatic N) is 1. The van der Waals surface area contributed by atoms with Crippen molar-refractivity contribution < 1.29 is 51.0 Å². The summed E-state index contributed by atoms with van der Waals surface area (Å²) < 4.78 is 0. The first-order chi connectivity index (χ1) is 17.3. The molecule has 2 bridgehead atoms. The van der Waals surface area contributed by atoms with Crippen LogP contribution in [-0.4, -0.2) is 13.8 Å². The monoisotopic (exact) mass is 664 g/mol. The second-order valence-electron chi connectivity index (χ2n) is 13.2. The van der Waals surface area contributed by atoms with Gasteiger partial charge in [0.05, 0.1) is 5.70 Å². The predicted octanol–water partition coefficient (Wildman–Crippen LogP) is 3.88. The zero-order valence-electron chi connectivity index (χ0n) is 25.6. The molecule has 3 heterocycles. The number of aliphatic imine (C=N–C) groups is 1. The van der Waals surface area contributed by atoms with E-state index in [1.165, 1.54) is 50.0 Å². The molecule has 0 unspecified atom stereocenters. The van der Waals surface area contributed by atoms with Gasteiger partial charge in [0.25, 0.3) is 0 Å². The van der Waals surface area contributed by atoms with Crippen molar-refractivity contribution in [1.29, 1.82) is 0 Å². The van der Waals surface area contributed by atoms with Gasteiger partial charge in [0.2, 0.25) is 0 Å². The molecule has 0 aromatic heterocycles. The van der Waals surface area contributed by atoms with Crippen LogP contribution in [0.5, 0.6) is 0 Å². The summed E-state index contributed by atoms with van der Waals surface area (Å²) in [5, 5.41) is 6.05.